The van der Waals surface area contributed by atoms with Crippen molar-refractivity contribution >= 4 is 15.9 Å². The quantitative estimate of drug-likeness (QED) is 0.875. The zero-order valence-corrected chi connectivity index (χ0v) is 11.6. The average molecular weight is 310 g/mol. The fourth-order valence-electron chi connectivity index (χ4n) is 1.49. The van der Waals surface area contributed by atoms with Crippen molar-refractivity contribution < 1.29 is 9.47 Å². The number of para-hydroxylation sites is 2. The van der Waals surface area contributed by atoms with Crippen LogP contribution in [0.4, 0.5) is 0 Å². The smallest absolute Gasteiger partial charge is 0.294 e. The maximum atomic E-state index is 12.0. The molecular weight excluding hydrogens is 298 g/mol. The van der Waals surface area contributed by atoms with E-state index in [4.69, 9.17) is 9.47 Å². The zero-order valence-electron chi connectivity index (χ0n) is 10.0. The fourth-order valence-corrected chi connectivity index (χ4v) is 1.86. The second-order valence-corrected chi connectivity index (χ2v) is 4.52. The van der Waals surface area contributed by atoms with Crippen LogP contribution in [0.15, 0.2) is 45.8 Å². The maximum Gasteiger partial charge on any atom is 0.294 e. The Balaban J connectivity index is 2.46. The molecule has 18 heavy (non-hydrogen) atoms. The van der Waals surface area contributed by atoms with Crippen molar-refractivity contribution in [3.63, 3.8) is 0 Å². The van der Waals surface area contributed by atoms with Crippen molar-refractivity contribution in [2.75, 3.05) is 7.11 Å². The van der Waals surface area contributed by atoms with Crippen molar-refractivity contribution in [1.29, 1.82) is 0 Å². The number of nitrogens with zero attached hydrogens (tertiary/aromatic N) is 1. The molecule has 0 N–H and O–H groups in total. The van der Waals surface area contributed by atoms with Crippen molar-refractivity contribution in [2.45, 2.75) is 0 Å². The van der Waals surface area contributed by atoms with E-state index in [9.17, 15) is 4.79 Å². The van der Waals surface area contributed by atoms with E-state index in [0.29, 0.717) is 16.0 Å². The average Bonchev–Trinajstić information content (AvgIpc) is 2.39. The predicted molar refractivity (Wildman–Crippen MR) is 72.5 cm³/mol. The Morgan fingerprint density at radius 1 is 1.17 bits per heavy atom. The van der Waals surface area contributed by atoms with Crippen molar-refractivity contribution in [3.8, 4) is 17.2 Å². The third-order valence-corrected chi connectivity index (χ3v) is 3.08. The zero-order chi connectivity index (χ0) is 13.1. The summed E-state index contributed by atoms with van der Waals surface area (Å²) in [6, 6.07) is 8.93. The molecule has 0 aliphatic rings. The summed E-state index contributed by atoms with van der Waals surface area (Å²) in [6.07, 6.45) is 1.67. The third kappa shape index (κ3) is 2.41. The van der Waals surface area contributed by atoms with E-state index in [1.165, 1.54) is 4.57 Å². The minimum absolute atomic E-state index is 0.213. The van der Waals surface area contributed by atoms with E-state index in [1.54, 1.807) is 38.6 Å². The van der Waals surface area contributed by atoms with Crippen LogP contribution in [-0.4, -0.2) is 11.7 Å². The van der Waals surface area contributed by atoms with Crippen LogP contribution < -0.4 is 15.0 Å². The molecule has 1 heterocycles. The number of pyridine rings is 1. The van der Waals surface area contributed by atoms with Gasteiger partial charge in [0.2, 0.25) is 5.75 Å². The molecule has 5 heteroatoms. The van der Waals surface area contributed by atoms with E-state index in [1.807, 2.05) is 12.1 Å². The summed E-state index contributed by atoms with van der Waals surface area (Å²) in [5, 5.41) is 0. The largest absolute Gasteiger partial charge is 0.493 e. The van der Waals surface area contributed by atoms with Gasteiger partial charge >= 0.3 is 0 Å². The van der Waals surface area contributed by atoms with E-state index in [-0.39, 0.29) is 11.3 Å². The molecule has 2 rings (SSSR count). The number of halogens is 1. The van der Waals surface area contributed by atoms with Crippen LogP contribution in [0.1, 0.15) is 0 Å². The Morgan fingerprint density at radius 3 is 2.50 bits per heavy atom. The first kappa shape index (κ1) is 12.7. The number of hydrogen-bond acceptors (Lipinski definition) is 3. The second kappa shape index (κ2) is 5.27. The lowest BCUT2D eigenvalue weighted by Gasteiger charge is -2.11. The van der Waals surface area contributed by atoms with Crippen LogP contribution in [0.3, 0.4) is 0 Å². The lowest BCUT2D eigenvalue weighted by molar-refractivity contribution is 0.375. The van der Waals surface area contributed by atoms with Gasteiger partial charge in [-0.3, -0.25) is 4.79 Å². The summed E-state index contributed by atoms with van der Waals surface area (Å²) in [5.41, 5.74) is -0.213. The molecule has 2 aromatic rings. The van der Waals surface area contributed by atoms with Gasteiger partial charge in [0.1, 0.15) is 0 Å². The van der Waals surface area contributed by atoms with Gasteiger partial charge in [0, 0.05) is 13.2 Å². The number of methoxy groups -OCH3 is 1. The lowest BCUT2D eigenvalue weighted by atomic mass is 10.3. The molecule has 0 spiro atoms. The number of rotatable bonds is 3. The number of hydrogen-bond donors (Lipinski definition) is 0. The van der Waals surface area contributed by atoms with Gasteiger partial charge in [-0.05, 0) is 34.1 Å². The molecule has 0 saturated heterocycles. The Hall–Kier alpha value is -1.75. The number of ether oxygens (including phenoxy) is 2. The summed E-state index contributed by atoms with van der Waals surface area (Å²) in [6.45, 7) is 0. The SMILES string of the molecule is COc1ccccc1Oc1c(Br)ccn(C)c1=O. The summed E-state index contributed by atoms with van der Waals surface area (Å²) >= 11 is 3.31. The third-order valence-electron chi connectivity index (χ3n) is 2.46. The Kier molecular flexibility index (Phi) is 3.72. The lowest BCUT2D eigenvalue weighted by Crippen LogP contribution is -2.17. The predicted octanol–water partition coefficient (Wildman–Crippen LogP) is 2.95. The highest BCUT2D eigenvalue weighted by Gasteiger charge is 2.12. The molecule has 0 bridgehead atoms. The van der Waals surface area contributed by atoms with Crippen LogP contribution in [0.5, 0.6) is 17.2 Å². The molecule has 1 aromatic carbocycles. The first-order valence-corrected chi connectivity index (χ1v) is 6.09. The highest BCUT2D eigenvalue weighted by Crippen LogP contribution is 2.32. The van der Waals surface area contributed by atoms with Crippen LogP contribution in [-0.2, 0) is 7.05 Å². The summed E-state index contributed by atoms with van der Waals surface area (Å²) in [4.78, 5) is 12.0. The fraction of sp³-hybridized carbons (Fsp3) is 0.154. The Bertz CT molecular complexity index is 622. The van der Waals surface area contributed by atoms with Gasteiger partial charge in [0.15, 0.2) is 11.5 Å². The van der Waals surface area contributed by atoms with Gasteiger partial charge in [-0.15, -0.1) is 0 Å². The van der Waals surface area contributed by atoms with Crippen molar-refractivity contribution in [2.24, 2.45) is 7.05 Å². The monoisotopic (exact) mass is 309 g/mol. The van der Waals surface area contributed by atoms with E-state index < -0.39 is 0 Å². The molecule has 0 amide bonds. The molecule has 4 nitrogen and oxygen atoms in total. The van der Waals surface area contributed by atoms with Crippen molar-refractivity contribution in [3.05, 3.63) is 51.4 Å². The summed E-state index contributed by atoms with van der Waals surface area (Å²) < 4.78 is 12.9. The van der Waals surface area contributed by atoms with Gasteiger partial charge in [0.05, 0.1) is 11.6 Å². The first-order chi connectivity index (χ1) is 8.63. The standard InChI is InChI=1S/C13H12BrNO3/c1-15-8-7-9(14)12(13(15)16)18-11-6-4-3-5-10(11)17-2/h3-8H,1-2H3. The number of aromatic nitrogens is 1. The number of aryl methyl sites for hydroxylation is 1. The maximum absolute atomic E-state index is 12.0. The minimum atomic E-state index is -0.213. The van der Waals surface area contributed by atoms with Gasteiger partial charge in [-0.2, -0.15) is 0 Å². The second-order valence-electron chi connectivity index (χ2n) is 3.66. The normalized spacial score (nSPS) is 10.2. The first-order valence-electron chi connectivity index (χ1n) is 5.29. The van der Waals surface area contributed by atoms with Gasteiger partial charge in [-0.1, -0.05) is 12.1 Å². The molecule has 1 aromatic heterocycles. The van der Waals surface area contributed by atoms with E-state index in [2.05, 4.69) is 15.9 Å². The molecule has 0 aliphatic carbocycles. The molecule has 0 aliphatic heterocycles. The Labute approximate surface area is 113 Å². The van der Waals surface area contributed by atoms with E-state index >= 15 is 0 Å². The highest BCUT2D eigenvalue weighted by molar-refractivity contribution is 9.10. The molecule has 0 fully saturated rings. The van der Waals surface area contributed by atoms with E-state index in [0.717, 1.165) is 0 Å². The molecular formula is C13H12BrNO3. The molecule has 0 radical (unpaired) electrons. The van der Waals surface area contributed by atoms with Gasteiger partial charge in [0.25, 0.3) is 5.56 Å². The topological polar surface area (TPSA) is 40.5 Å². The highest BCUT2D eigenvalue weighted by atomic mass is 79.9. The molecule has 0 unspecified atom stereocenters. The van der Waals surface area contributed by atoms with Crippen LogP contribution in [0, 0.1) is 0 Å². The van der Waals surface area contributed by atoms with Gasteiger partial charge in [-0.25, -0.2) is 0 Å². The van der Waals surface area contributed by atoms with Gasteiger partial charge < -0.3 is 14.0 Å². The van der Waals surface area contributed by atoms with Crippen LogP contribution in [0.25, 0.3) is 0 Å². The minimum Gasteiger partial charge on any atom is -0.493 e. The van der Waals surface area contributed by atoms with Crippen LogP contribution in [0.2, 0.25) is 0 Å². The Morgan fingerprint density at radius 2 is 1.83 bits per heavy atom. The molecule has 0 saturated carbocycles. The number of benzene rings is 1. The van der Waals surface area contributed by atoms with Crippen molar-refractivity contribution in [1.82, 2.24) is 4.57 Å². The summed E-state index contributed by atoms with van der Waals surface area (Å²) in [7, 11) is 3.23. The molecule has 0 atom stereocenters. The summed E-state index contributed by atoms with van der Waals surface area (Å²) in [5.74, 6) is 1.32. The van der Waals surface area contributed by atoms with Crippen LogP contribution >= 0.6 is 15.9 Å². The molecule has 94 valence electrons.